The third kappa shape index (κ3) is 6.21. The number of aromatic hydroxyl groups is 2. The number of hydrogen-bond acceptors (Lipinski definition) is 6. The van der Waals surface area contributed by atoms with E-state index in [0.29, 0.717) is 34.1 Å². The molecule has 6 N–H and O–H groups in total. The maximum absolute atomic E-state index is 10.2. The molecule has 212 valence electrons. The lowest BCUT2D eigenvalue weighted by Gasteiger charge is -2.14. The van der Waals surface area contributed by atoms with E-state index in [0.717, 1.165) is 21.9 Å². The van der Waals surface area contributed by atoms with Crippen LogP contribution in [0.2, 0.25) is 0 Å². The molecule has 0 aliphatic rings. The van der Waals surface area contributed by atoms with Crippen LogP contribution in [0.15, 0.2) is 121 Å². The van der Waals surface area contributed by atoms with Gasteiger partial charge in [-0.3, -0.25) is 0 Å². The lowest BCUT2D eigenvalue weighted by molar-refractivity contribution is 0.455. The first-order valence-corrected chi connectivity index (χ1v) is 13.7. The summed E-state index contributed by atoms with van der Waals surface area (Å²) < 4.78 is 12.4. The highest BCUT2D eigenvalue weighted by atomic mass is 16.5. The molecule has 0 atom stereocenters. The topological polar surface area (TPSA) is 111 Å². The second-order valence-corrected chi connectivity index (χ2v) is 9.89. The molecule has 6 heteroatoms. The second-order valence-electron chi connectivity index (χ2n) is 9.89. The van der Waals surface area contributed by atoms with E-state index in [2.05, 4.69) is 23.7 Å². The number of rotatable bonds is 4. The molecule has 6 rings (SSSR count). The van der Waals surface area contributed by atoms with Crippen LogP contribution in [0.4, 0.5) is 11.4 Å². The van der Waals surface area contributed by atoms with Crippen molar-refractivity contribution in [2.75, 3.05) is 11.5 Å². The minimum absolute atomic E-state index is 0.0682. The summed E-state index contributed by atoms with van der Waals surface area (Å²) in [7, 11) is 0. The van der Waals surface area contributed by atoms with Crippen LogP contribution in [-0.4, -0.2) is 10.2 Å². The van der Waals surface area contributed by atoms with E-state index < -0.39 is 0 Å². The molecule has 0 spiro atoms. The van der Waals surface area contributed by atoms with Gasteiger partial charge in [0.25, 0.3) is 0 Å². The zero-order valence-electron chi connectivity index (χ0n) is 23.4. The van der Waals surface area contributed by atoms with Crippen molar-refractivity contribution in [1.29, 1.82) is 0 Å². The third-order valence-electron chi connectivity index (χ3n) is 6.74. The van der Waals surface area contributed by atoms with Crippen LogP contribution in [0.5, 0.6) is 34.5 Å². The van der Waals surface area contributed by atoms with Crippen molar-refractivity contribution in [2.45, 2.75) is 0 Å². The minimum Gasteiger partial charge on any atom is -0.506 e. The quantitative estimate of drug-likeness (QED) is 0.0971. The molecule has 0 radical (unpaired) electrons. The molecule has 0 fully saturated rings. The van der Waals surface area contributed by atoms with Crippen molar-refractivity contribution in [3.8, 4) is 58.2 Å². The first kappa shape index (κ1) is 27.7. The van der Waals surface area contributed by atoms with Crippen molar-refractivity contribution in [3.63, 3.8) is 0 Å². The van der Waals surface area contributed by atoms with Crippen LogP contribution < -0.4 is 20.9 Å². The van der Waals surface area contributed by atoms with Crippen LogP contribution in [0.1, 0.15) is 22.3 Å². The first-order chi connectivity index (χ1) is 21.4. The van der Waals surface area contributed by atoms with Crippen LogP contribution in [0, 0.1) is 23.7 Å². The first-order valence-electron chi connectivity index (χ1n) is 13.7. The highest BCUT2D eigenvalue weighted by Crippen LogP contribution is 2.38. The molecule has 0 bridgehead atoms. The van der Waals surface area contributed by atoms with Crippen molar-refractivity contribution >= 4 is 22.1 Å². The van der Waals surface area contributed by atoms with E-state index >= 15 is 0 Å². The van der Waals surface area contributed by atoms with Gasteiger partial charge in [-0.15, -0.1) is 0 Å². The maximum atomic E-state index is 10.2. The van der Waals surface area contributed by atoms with Crippen LogP contribution in [0.25, 0.3) is 10.8 Å². The number of phenols is 2. The molecule has 6 aromatic rings. The fraction of sp³-hybridized carbons (Fsp3) is 0. The van der Waals surface area contributed by atoms with E-state index in [1.807, 2.05) is 84.9 Å². The smallest absolute Gasteiger partial charge is 0.143 e. The van der Waals surface area contributed by atoms with Gasteiger partial charge in [-0.25, -0.2) is 0 Å². The van der Waals surface area contributed by atoms with E-state index in [-0.39, 0.29) is 22.9 Å². The van der Waals surface area contributed by atoms with E-state index in [9.17, 15) is 10.2 Å². The lowest BCUT2D eigenvalue weighted by atomic mass is 9.97. The van der Waals surface area contributed by atoms with Gasteiger partial charge in [-0.2, -0.15) is 0 Å². The average Bonchev–Trinajstić information content (AvgIpc) is 3.04. The predicted octanol–water partition coefficient (Wildman–Crippen LogP) is 7.80. The second kappa shape index (κ2) is 12.2. The molecule has 6 aromatic carbocycles. The van der Waals surface area contributed by atoms with Gasteiger partial charge in [0.15, 0.2) is 0 Å². The van der Waals surface area contributed by atoms with Crippen molar-refractivity contribution in [2.24, 2.45) is 0 Å². The Hall–Kier alpha value is -6.50. The summed E-state index contributed by atoms with van der Waals surface area (Å²) in [6.07, 6.45) is 0. The number of benzene rings is 6. The standard InChI is InChI=1S/C38H26N2O4/c39-33-18-15-29(23-35(33)41)43-31-21-27(13-11-25-7-3-1-4-8-25)38-28(22-31)14-20-37(44-30-16-19-34(40)36(42)24-30)32(38)17-12-26-9-5-2-6-10-26/h1-10,14-16,18-24,41-42H,39-40H2. The van der Waals surface area contributed by atoms with Crippen molar-refractivity contribution < 1.29 is 19.7 Å². The molecule has 0 heterocycles. The largest absolute Gasteiger partial charge is 0.506 e. The summed E-state index contributed by atoms with van der Waals surface area (Å²) in [5, 5.41) is 21.9. The monoisotopic (exact) mass is 574 g/mol. The van der Waals surface area contributed by atoms with Gasteiger partial charge < -0.3 is 31.2 Å². The Morgan fingerprint density at radius 1 is 0.500 bits per heavy atom. The molecule has 0 aromatic heterocycles. The fourth-order valence-electron chi connectivity index (χ4n) is 4.54. The summed E-state index contributed by atoms with van der Waals surface area (Å²) in [5.74, 6) is 14.8. The molecule has 0 saturated heterocycles. The van der Waals surface area contributed by atoms with Gasteiger partial charge in [0.2, 0.25) is 0 Å². The average molecular weight is 575 g/mol. The number of ether oxygens (including phenoxy) is 2. The Morgan fingerprint density at radius 3 is 1.66 bits per heavy atom. The third-order valence-corrected chi connectivity index (χ3v) is 6.74. The fourth-order valence-corrected chi connectivity index (χ4v) is 4.54. The number of nitrogens with two attached hydrogens (primary N) is 2. The van der Waals surface area contributed by atoms with Gasteiger partial charge in [0.1, 0.15) is 34.5 Å². The number of nitrogen functional groups attached to an aromatic ring is 2. The summed E-state index contributed by atoms with van der Waals surface area (Å²) in [4.78, 5) is 0. The van der Waals surface area contributed by atoms with Gasteiger partial charge in [-0.1, -0.05) is 66.1 Å². The molecule has 0 aliphatic heterocycles. The Morgan fingerprint density at radius 2 is 1.07 bits per heavy atom. The van der Waals surface area contributed by atoms with E-state index in [1.165, 1.54) is 12.1 Å². The maximum Gasteiger partial charge on any atom is 0.143 e. The Labute approximate surface area is 254 Å². The SMILES string of the molecule is Nc1ccc(Oc2cc(C#Cc3ccccc3)c3c(C#Cc4ccccc4)c(Oc4ccc(N)c(O)c4)ccc3c2)cc1O. The predicted molar refractivity (Wildman–Crippen MR) is 174 cm³/mol. The summed E-state index contributed by atoms with van der Waals surface area (Å²) in [5.41, 5.74) is 15.0. The van der Waals surface area contributed by atoms with Gasteiger partial charge in [0, 0.05) is 34.2 Å². The minimum atomic E-state index is -0.0786. The van der Waals surface area contributed by atoms with Crippen LogP contribution >= 0.6 is 0 Å². The number of fused-ring (bicyclic) bond motifs is 1. The van der Waals surface area contributed by atoms with Crippen molar-refractivity contribution in [3.05, 3.63) is 144 Å². The number of anilines is 2. The van der Waals surface area contributed by atoms with Gasteiger partial charge >= 0.3 is 0 Å². The Balaban J connectivity index is 1.56. The molecule has 0 amide bonds. The highest BCUT2D eigenvalue weighted by Gasteiger charge is 2.15. The van der Waals surface area contributed by atoms with Crippen LogP contribution in [0.3, 0.4) is 0 Å². The lowest BCUT2D eigenvalue weighted by Crippen LogP contribution is -1.95. The molecular formula is C38H26N2O4. The summed E-state index contributed by atoms with van der Waals surface area (Å²) in [6.45, 7) is 0. The summed E-state index contributed by atoms with van der Waals surface area (Å²) >= 11 is 0. The summed E-state index contributed by atoms with van der Waals surface area (Å²) in [6, 6.07) is 36.2. The normalized spacial score (nSPS) is 10.3. The molecular weight excluding hydrogens is 548 g/mol. The van der Waals surface area contributed by atoms with Crippen LogP contribution in [-0.2, 0) is 0 Å². The Kier molecular flexibility index (Phi) is 7.65. The molecule has 0 unspecified atom stereocenters. The molecule has 44 heavy (non-hydrogen) atoms. The number of hydrogen-bond donors (Lipinski definition) is 4. The van der Waals surface area contributed by atoms with Crippen molar-refractivity contribution in [1.82, 2.24) is 0 Å². The van der Waals surface area contributed by atoms with E-state index in [4.69, 9.17) is 20.9 Å². The molecule has 6 nitrogen and oxygen atoms in total. The molecule has 0 saturated carbocycles. The van der Waals surface area contributed by atoms with Gasteiger partial charge in [0.05, 0.1) is 16.9 Å². The molecule has 0 aliphatic carbocycles. The Bertz CT molecular complexity index is 2120. The zero-order valence-corrected chi connectivity index (χ0v) is 23.4. The van der Waals surface area contributed by atoms with E-state index in [1.54, 1.807) is 24.3 Å². The highest BCUT2D eigenvalue weighted by molar-refractivity contribution is 5.96. The zero-order chi connectivity index (χ0) is 30.5. The van der Waals surface area contributed by atoms with Gasteiger partial charge in [-0.05, 0) is 72.1 Å². The number of phenolic OH excluding ortho intramolecular Hbond substituents is 2.